The fourth-order valence-electron chi connectivity index (χ4n) is 1.40. The highest BCUT2D eigenvalue weighted by atomic mass is 16.6. The normalized spacial score (nSPS) is 11.7. The van der Waals surface area contributed by atoms with Gasteiger partial charge in [0.1, 0.15) is 11.7 Å². The molecule has 1 amide bonds. The second-order valence-corrected chi connectivity index (χ2v) is 3.89. The summed E-state index contributed by atoms with van der Waals surface area (Å²) in [5.41, 5.74) is 5.05. The highest BCUT2D eigenvalue weighted by molar-refractivity contribution is 5.83. The van der Waals surface area contributed by atoms with Crippen LogP contribution in [0.15, 0.2) is 0 Å². The molecule has 4 N–H and O–H groups in total. The van der Waals surface area contributed by atoms with Crippen molar-refractivity contribution in [1.29, 1.82) is 0 Å². The number of nitrogens with two attached hydrogens (primary N) is 1. The topological polar surface area (TPSA) is 136 Å². The van der Waals surface area contributed by atoms with Crippen molar-refractivity contribution >= 4 is 23.4 Å². The van der Waals surface area contributed by atoms with Gasteiger partial charge in [0.15, 0.2) is 0 Å². The van der Waals surface area contributed by atoms with Crippen LogP contribution in [0.1, 0.15) is 19.5 Å². The molecule has 0 saturated heterocycles. The van der Waals surface area contributed by atoms with Crippen LogP contribution in [0.25, 0.3) is 0 Å². The van der Waals surface area contributed by atoms with Crippen LogP contribution in [0.3, 0.4) is 0 Å². The maximum absolute atomic E-state index is 11.0. The van der Waals surface area contributed by atoms with Gasteiger partial charge in [0.2, 0.25) is 17.7 Å². The molecule has 1 heterocycles. The molecule has 1 atom stereocenters. The molecule has 1 aromatic heterocycles. The third-order valence-corrected chi connectivity index (χ3v) is 2.36. The Morgan fingerprint density at radius 1 is 1.53 bits per heavy atom. The van der Waals surface area contributed by atoms with Crippen molar-refractivity contribution in [3.8, 4) is 0 Å². The second kappa shape index (κ2) is 5.94. The SMILES string of the molecule is CCNc1nc(C)c([N+](=O)[O-])c(NC(C)C(N)=O)n1. The van der Waals surface area contributed by atoms with Gasteiger partial charge in [-0.25, -0.2) is 4.98 Å². The van der Waals surface area contributed by atoms with Gasteiger partial charge in [-0.2, -0.15) is 4.98 Å². The Balaban J connectivity index is 3.23. The Labute approximate surface area is 109 Å². The van der Waals surface area contributed by atoms with E-state index in [2.05, 4.69) is 20.6 Å². The van der Waals surface area contributed by atoms with E-state index in [0.29, 0.717) is 6.54 Å². The number of carbonyl (C=O) groups excluding carboxylic acids is 1. The van der Waals surface area contributed by atoms with Crippen LogP contribution in [0.5, 0.6) is 0 Å². The van der Waals surface area contributed by atoms with Crippen molar-refractivity contribution < 1.29 is 9.72 Å². The number of primary amides is 1. The lowest BCUT2D eigenvalue weighted by atomic mass is 10.3. The first-order valence-electron chi connectivity index (χ1n) is 5.69. The number of nitrogens with zero attached hydrogens (tertiary/aromatic N) is 3. The first-order chi connectivity index (χ1) is 8.86. The zero-order chi connectivity index (χ0) is 14.6. The highest BCUT2D eigenvalue weighted by Gasteiger charge is 2.24. The predicted molar refractivity (Wildman–Crippen MR) is 69.9 cm³/mol. The van der Waals surface area contributed by atoms with E-state index < -0.39 is 16.9 Å². The summed E-state index contributed by atoms with van der Waals surface area (Å²) in [6.45, 7) is 5.42. The Kier molecular flexibility index (Phi) is 4.56. The van der Waals surface area contributed by atoms with Crippen LogP contribution in [-0.2, 0) is 4.79 Å². The predicted octanol–water partition coefficient (Wildman–Crippen LogP) is 0.411. The standard InChI is InChI=1S/C10H16N6O3/c1-4-12-10-14-5(2)7(16(18)19)9(15-10)13-6(3)8(11)17/h6H,4H2,1-3H3,(H2,11,17)(H2,12,13,14,15). The summed E-state index contributed by atoms with van der Waals surface area (Å²) in [4.78, 5) is 29.4. The largest absolute Gasteiger partial charge is 0.368 e. The molecule has 0 radical (unpaired) electrons. The molecule has 0 bridgehead atoms. The van der Waals surface area contributed by atoms with Crippen molar-refractivity contribution in [2.45, 2.75) is 26.8 Å². The molecule has 1 unspecified atom stereocenters. The molecule has 0 aliphatic heterocycles. The molecule has 0 aliphatic carbocycles. The summed E-state index contributed by atoms with van der Waals surface area (Å²) in [5, 5.41) is 16.5. The molecule has 19 heavy (non-hydrogen) atoms. The van der Waals surface area contributed by atoms with Gasteiger partial charge in [-0.3, -0.25) is 14.9 Å². The average Bonchev–Trinajstić information content (AvgIpc) is 2.27. The molecule has 0 fully saturated rings. The van der Waals surface area contributed by atoms with Crippen molar-refractivity contribution in [3.63, 3.8) is 0 Å². The van der Waals surface area contributed by atoms with E-state index in [1.165, 1.54) is 13.8 Å². The van der Waals surface area contributed by atoms with E-state index in [0.717, 1.165) is 0 Å². The smallest absolute Gasteiger partial charge is 0.332 e. The van der Waals surface area contributed by atoms with E-state index in [1.54, 1.807) is 0 Å². The average molecular weight is 268 g/mol. The fourth-order valence-corrected chi connectivity index (χ4v) is 1.40. The lowest BCUT2D eigenvalue weighted by molar-refractivity contribution is -0.385. The number of amides is 1. The van der Waals surface area contributed by atoms with E-state index in [1.807, 2.05) is 6.92 Å². The maximum atomic E-state index is 11.0. The summed E-state index contributed by atoms with van der Waals surface area (Å²) in [7, 11) is 0. The van der Waals surface area contributed by atoms with E-state index in [9.17, 15) is 14.9 Å². The number of carbonyl (C=O) groups is 1. The summed E-state index contributed by atoms with van der Waals surface area (Å²) < 4.78 is 0. The van der Waals surface area contributed by atoms with E-state index >= 15 is 0 Å². The Morgan fingerprint density at radius 3 is 2.63 bits per heavy atom. The zero-order valence-corrected chi connectivity index (χ0v) is 10.9. The number of anilines is 2. The Bertz CT molecular complexity index is 504. The molecule has 0 saturated carbocycles. The summed E-state index contributed by atoms with van der Waals surface area (Å²) >= 11 is 0. The number of hydrogen-bond donors (Lipinski definition) is 3. The van der Waals surface area contributed by atoms with Gasteiger partial charge in [-0.15, -0.1) is 0 Å². The third kappa shape index (κ3) is 3.50. The minimum absolute atomic E-state index is 0.0280. The molecule has 9 heteroatoms. The van der Waals surface area contributed by atoms with Gasteiger partial charge >= 0.3 is 5.69 Å². The first kappa shape index (κ1) is 14.6. The second-order valence-electron chi connectivity index (χ2n) is 3.89. The molecule has 1 aromatic rings. The molecule has 0 spiro atoms. The van der Waals surface area contributed by atoms with Crippen molar-refractivity contribution in [2.24, 2.45) is 5.73 Å². The summed E-state index contributed by atoms with van der Waals surface area (Å²) in [6.07, 6.45) is 0. The highest BCUT2D eigenvalue weighted by Crippen LogP contribution is 2.26. The van der Waals surface area contributed by atoms with Crippen LogP contribution < -0.4 is 16.4 Å². The minimum atomic E-state index is -0.775. The first-order valence-corrected chi connectivity index (χ1v) is 5.69. The lowest BCUT2D eigenvalue weighted by Crippen LogP contribution is -2.33. The van der Waals surface area contributed by atoms with Crippen LogP contribution in [-0.4, -0.2) is 33.4 Å². The number of rotatable bonds is 6. The quantitative estimate of drug-likeness (QED) is 0.502. The Morgan fingerprint density at radius 2 is 2.16 bits per heavy atom. The molecule has 0 aromatic carbocycles. The molecule has 9 nitrogen and oxygen atoms in total. The maximum Gasteiger partial charge on any atom is 0.332 e. The molecular formula is C10H16N6O3. The van der Waals surface area contributed by atoms with Gasteiger partial charge in [-0.1, -0.05) is 0 Å². The summed E-state index contributed by atoms with van der Waals surface area (Å²) in [5.74, 6) is -0.403. The van der Waals surface area contributed by atoms with Gasteiger partial charge in [0.25, 0.3) is 0 Å². The van der Waals surface area contributed by atoms with Gasteiger partial charge in [0.05, 0.1) is 4.92 Å². The lowest BCUT2D eigenvalue weighted by Gasteiger charge is -2.13. The number of aryl methyl sites for hydroxylation is 1. The van der Waals surface area contributed by atoms with Crippen LogP contribution in [0.2, 0.25) is 0 Å². The van der Waals surface area contributed by atoms with Gasteiger partial charge in [-0.05, 0) is 20.8 Å². The molecular weight excluding hydrogens is 252 g/mol. The van der Waals surface area contributed by atoms with Crippen molar-refractivity contribution in [1.82, 2.24) is 9.97 Å². The number of nitrogens with one attached hydrogen (secondary N) is 2. The Hall–Kier alpha value is -2.45. The van der Waals surface area contributed by atoms with Crippen molar-refractivity contribution in [3.05, 3.63) is 15.8 Å². The molecule has 0 aliphatic rings. The van der Waals surface area contributed by atoms with E-state index in [4.69, 9.17) is 5.73 Å². The fraction of sp³-hybridized carbons (Fsp3) is 0.500. The number of aromatic nitrogens is 2. The molecule has 104 valence electrons. The van der Waals surface area contributed by atoms with Crippen LogP contribution in [0.4, 0.5) is 17.5 Å². The minimum Gasteiger partial charge on any atom is -0.368 e. The summed E-state index contributed by atoms with van der Waals surface area (Å²) in [6, 6.07) is -0.775. The third-order valence-electron chi connectivity index (χ3n) is 2.36. The monoisotopic (exact) mass is 268 g/mol. The number of nitro groups is 1. The molecule has 1 rings (SSSR count). The van der Waals surface area contributed by atoms with Gasteiger partial charge in [0, 0.05) is 6.54 Å². The van der Waals surface area contributed by atoms with E-state index in [-0.39, 0.29) is 23.1 Å². The van der Waals surface area contributed by atoms with Gasteiger partial charge < -0.3 is 16.4 Å². The van der Waals surface area contributed by atoms with Crippen LogP contribution in [0, 0.1) is 17.0 Å². The van der Waals surface area contributed by atoms with Crippen molar-refractivity contribution in [2.75, 3.05) is 17.2 Å². The van der Waals surface area contributed by atoms with Crippen LogP contribution >= 0.6 is 0 Å². The number of hydrogen-bond acceptors (Lipinski definition) is 7. The zero-order valence-electron chi connectivity index (χ0n) is 10.9.